The lowest BCUT2D eigenvalue weighted by Gasteiger charge is -2.32. The number of benzene rings is 1. The molecule has 0 radical (unpaired) electrons. The van der Waals surface area contributed by atoms with E-state index in [1.54, 1.807) is 0 Å². The first kappa shape index (κ1) is 13.2. The number of hydrogen-bond acceptors (Lipinski definition) is 2. The maximum atomic E-state index is 3.44. The molecule has 2 nitrogen and oxygen atoms in total. The molecule has 0 aliphatic carbocycles. The van der Waals surface area contributed by atoms with E-state index in [-0.39, 0.29) is 0 Å². The Bertz CT molecular complexity index is 282. The molecule has 0 aromatic heterocycles. The van der Waals surface area contributed by atoms with Crippen LogP contribution in [0, 0.1) is 0 Å². The van der Waals surface area contributed by atoms with Crippen LogP contribution in [0.4, 0.5) is 0 Å². The lowest BCUT2D eigenvalue weighted by molar-refractivity contribution is 0.192. The minimum absolute atomic E-state index is 0.459. The first-order valence-corrected chi connectivity index (χ1v) is 6.14. The summed E-state index contributed by atoms with van der Waals surface area (Å²) in [6, 6.07) is 11.7. The van der Waals surface area contributed by atoms with Crippen molar-refractivity contribution in [2.24, 2.45) is 0 Å². The zero-order valence-corrected chi connectivity index (χ0v) is 10.9. The fourth-order valence-corrected chi connectivity index (χ4v) is 1.81. The summed E-state index contributed by atoms with van der Waals surface area (Å²) in [5.41, 5.74) is 1.39. The minimum atomic E-state index is 0.459. The summed E-state index contributed by atoms with van der Waals surface area (Å²) in [4.78, 5) is 2.41. The molecule has 1 rings (SSSR count). The third-order valence-electron chi connectivity index (χ3n) is 3.08. The molecule has 1 aromatic rings. The second-order valence-corrected chi connectivity index (χ2v) is 4.49. The van der Waals surface area contributed by atoms with Gasteiger partial charge in [-0.2, -0.15) is 0 Å². The van der Waals surface area contributed by atoms with Gasteiger partial charge in [-0.25, -0.2) is 0 Å². The van der Waals surface area contributed by atoms with Crippen molar-refractivity contribution in [3.63, 3.8) is 0 Å². The summed E-state index contributed by atoms with van der Waals surface area (Å²) in [7, 11) is 2.19. The average Bonchev–Trinajstić information content (AvgIpc) is 2.30. The third kappa shape index (κ3) is 3.62. The normalized spacial score (nSPS) is 13.4. The van der Waals surface area contributed by atoms with E-state index in [0.717, 1.165) is 13.1 Å². The van der Waals surface area contributed by atoms with Crippen LogP contribution < -0.4 is 5.32 Å². The lowest BCUT2D eigenvalue weighted by Crippen LogP contribution is -2.37. The van der Waals surface area contributed by atoms with Gasteiger partial charge in [-0.05, 0) is 33.0 Å². The van der Waals surface area contributed by atoms with E-state index in [0.29, 0.717) is 12.1 Å². The molecule has 1 aromatic carbocycles. The van der Waals surface area contributed by atoms with E-state index in [9.17, 15) is 0 Å². The Labute approximate surface area is 99.7 Å². The van der Waals surface area contributed by atoms with Crippen molar-refractivity contribution in [1.82, 2.24) is 10.2 Å². The highest BCUT2D eigenvalue weighted by Crippen LogP contribution is 2.20. The molecule has 0 saturated heterocycles. The highest BCUT2D eigenvalue weighted by Gasteiger charge is 2.18. The van der Waals surface area contributed by atoms with Crippen LogP contribution in [0.3, 0.4) is 0 Å². The summed E-state index contributed by atoms with van der Waals surface area (Å²) in [5.74, 6) is 0. The summed E-state index contributed by atoms with van der Waals surface area (Å²) in [6.07, 6.45) is 0. The number of rotatable bonds is 6. The van der Waals surface area contributed by atoms with Crippen LogP contribution in [0.2, 0.25) is 0 Å². The highest BCUT2D eigenvalue weighted by atomic mass is 15.2. The van der Waals surface area contributed by atoms with Gasteiger partial charge in [0.1, 0.15) is 0 Å². The second kappa shape index (κ2) is 6.66. The Morgan fingerprint density at radius 2 is 1.81 bits per heavy atom. The molecule has 0 fully saturated rings. The van der Waals surface area contributed by atoms with E-state index in [1.807, 2.05) is 0 Å². The van der Waals surface area contributed by atoms with E-state index in [2.05, 4.69) is 68.4 Å². The van der Waals surface area contributed by atoms with Gasteiger partial charge in [-0.15, -0.1) is 0 Å². The quantitative estimate of drug-likeness (QED) is 0.793. The Morgan fingerprint density at radius 3 is 2.31 bits per heavy atom. The van der Waals surface area contributed by atoms with E-state index < -0.39 is 0 Å². The van der Waals surface area contributed by atoms with Crippen LogP contribution >= 0.6 is 0 Å². The number of nitrogens with one attached hydrogen (secondary N) is 1. The second-order valence-electron chi connectivity index (χ2n) is 4.49. The summed E-state index contributed by atoms with van der Waals surface area (Å²) >= 11 is 0. The molecule has 1 N–H and O–H groups in total. The van der Waals surface area contributed by atoms with Gasteiger partial charge in [0, 0.05) is 18.6 Å². The Balaban J connectivity index is 2.79. The predicted molar refractivity (Wildman–Crippen MR) is 70.6 cm³/mol. The molecule has 1 unspecified atom stereocenters. The van der Waals surface area contributed by atoms with Gasteiger partial charge in [0.15, 0.2) is 0 Å². The topological polar surface area (TPSA) is 15.3 Å². The fourth-order valence-electron chi connectivity index (χ4n) is 1.81. The van der Waals surface area contributed by atoms with Crippen molar-refractivity contribution in [2.45, 2.75) is 32.9 Å². The summed E-state index contributed by atoms with van der Waals surface area (Å²) in [6.45, 7) is 8.66. The Morgan fingerprint density at radius 1 is 1.19 bits per heavy atom. The van der Waals surface area contributed by atoms with Crippen LogP contribution in [-0.4, -0.2) is 31.1 Å². The molecule has 16 heavy (non-hydrogen) atoms. The minimum Gasteiger partial charge on any atom is -0.315 e. The first-order chi connectivity index (χ1) is 7.66. The number of nitrogens with zero attached hydrogens (tertiary/aromatic N) is 1. The summed E-state index contributed by atoms with van der Waals surface area (Å²) in [5, 5.41) is 3.44. The molecule has 2 heteroatoms. The van der Waals surface area contributed by atoms with Crippen LogP contribution in [0.25, 0.3) is 0 Å². The first-order valence-electron chi connectivity index (χ1n) is 6.14. The van der Waals surface area contributed by atoms with Gasteiger partial charge < -0.3 is 5.32 Å². The van der Waals surface area contributed by atoms with Gasteiger partial charge in [-0.1, -0.05) is 37.3 Å². The van der Waals surface area contributed by atoms with Gasteiger partial charge in [-0.3, -0.25) is 4.90 Å². The van der Waals surface area contributed by atoms with Crippen LogP contribution in [0.5, 0.6) is 0 Å². The SMILES string of the molecule is CCNCC(c1ccccc1)N(C)C(C)C. The highest BCUT2D eigenvalue weighted by molar-refractivity contribution is 5.19. The zero-order valence-electron chi connectivity index (χ0n) is 10.9. The smallest absolute Gasteiger partial charge is 0.0472 e. The van der Waals surface area contributed by atoms with Crippen molar-refractivity contribution in [1.29, 1.82) is 0 Å². The van der Waals surface area contributed by atoms with Crippen molar-refractivity contribution >= 4 is 0 Å². The molecule has 0 aliphatic heterocycles. The molecular weight excluding hydrogens is 196 g/mol. The molecular formula is C14H24N2. The van der Waals surface area contributed by atoms with Crippen LogP contribution in [0.1, 0.15) is 32.4 Å². The largest absolute Gasteiger partial charge is 0.315 e. The molecule has 0 spiro atoms. The maximum absolute atomic E-state index is 3.44. The molecule has 0 aliphatic rings. The van der Waals surface area contributed by atoms with Crippen molar-refractivity contribution < 1.29 is 0 Å². The van der Waals surface area contributed by atoms with Crippen molar-refractivity contribution in [2.75, 3.05) is 20.1 Å². The van der Waals surface area contributed by atoms with E-state index in [4.69, 9.17) is 0 Å². The van der Waals surface area contributed by atoms with Gasteiger partial charge in [0.25, 0.3) is 0 Å². The number of likely N-dealkylation sites (N-methyl/N-ethyl adjacent to an activating group) is 2. The van der Waals surface area contributed by atoms with E-state index in [1.165, 1.54) is 5.56 Å². The van der Waals surface area contributed by atoms with Gasteiger partial charge >= 0.3 is 0 Å². The molecule has 0 bridgehead atoms. The molecule has 0 heterocycles. The average molecular weight is 220 g/mol. The molecule has 90 valence electrons. The molecule has 0 amide bonds. The van der Waals surface area contributed by atoms with Gasteiger partial charge in [0.05, 0.1) is 0 Å². The standard InChI is InChI=1S/C14H24N2/c1-5-15-11-14(16(4)12(2)3)13-9-7-6-8-10-13/h6-10,12,14-15H,5,11H2,1-4H3. The van der Waals surface area contributed by atoms with Crippen LogP contribution in [0.15, 0.2) is 30.3 Å². The molecule has 0 saturated carbocycles. The maximum Gasteiger partial charge on any atom is 0.0472 e. The zero-order chi connectivity index (χ0) is 12.0. The monoisotopic (exact) mass is 220 g/mol. The van der Waals surface area contributed by atoms with Crippen LogP contribution in [-0.2, 0) is 0 Å². The van der Waals surface area contributed by atoms with Gasteiger partial charge in [0.2, 0.25) is 0 Å². The summed E-state index contributed by atoms with van der Waals surface area (Å²) < 4.78 is 0. The van der Waals surface area contributed by atoms with Crippen molar-refractivity contribution in [3.05, 3.63) is 35.9 Å². The van der Waals surface area contributed by atoms with E-state index >= 15 is 0 Å². The molecule has 1 atom stereocenters. The third-order valence-corrected chi connectivity index (χ3v) is 3.08. The number of hydrogen-bond donors (Lipinski definition) is 1. The fraction of sp³-hybridized carbons (Fsp3) is 0.571. The predicted octanol–water partition coefficient (Wildman–Crippen LogP) is 2.68. The lowest BCUT2D eigenvalue weighted by atomic mass is 10.0. The van der Waals surface area contributed by atoms with Crippen molar-refractivity contribution in [3.8, 4) is 0 Å². The Kier molecular flexibility index (Phi) is 5.50. The Hall–Kier alpha value is -0.860.